The molecule has 0 aliphatic rings. The predicted molar refractivity (Wildman–Crippen MR) is 135 cm³/mol. The van der Waals surface area contributed by atoms with E-state index in [9.17, 15) is 9.59 Å². The van der Waals surface area contributed by atoms with Gasteiger partial charge in [0.25, 0.3) is 5.91 Å². The number of nitrogens with zero attached hydrogens (tertiary/aromatic N) is 2. The van der Waals surface area contributed by atoms with Crippen molar-refractivity contribution in [2.75, 3.05) is 11.9 Å². The highest BCUT2D eigenvalue weighted by atomic mass is 16.3. The quantitative estimate of drug-likeness (QED) is 0.346. The van der Waals surface area contributed by atoms with Gasteiger partial charge in [-0.2, -0.15) is 5.10 Å². The van der Waals surface area contributed by atoms with Crippen molar-refractivity contribution in [3.8, 4) is 5.69 Å². The van der Waals surface area contributed by atoms with Crippen LogP contribution in [0.4, 0.5) is 5.69 Å². The summed E-state index contributed by atoms with van der Waals surface area (Å²) in [6, 6.07) is 26.3. The molecule has 5 rings (SSSR count). The van der Waals surface area contributed by atoms with Crippen LogP contribution < -0.4 is 10.6 Å². The second-order valence-electron chi connectivity index (χ2n) is 8.20. The molecule has 0 unspecified atom stereocenters. The molecule has 7 nitrogen and oxygen atoms in total. The monoisotopic (exact) mass is 464 g/mol. The molecule has 0 fully saturated rings. The van der Waals surface area contributed by atoms with E-state index in [1.807, 2.05) is 83.8 Å². The number of carbonyl (C=O) groups is 2. The molecule has 0 aliphatic carbocycles. The van der Waals surface area contributed by atoms with Crippen LogP contribution in [-0.2, 0) is 17.6 Å². The first kappa shape index (κ1) is 22.2. The van der Waals surface area contributed by atoms with E-state index in [2.05, 4.69) is 15.7 Å². The van der Waals surface area contributed by atoms with Gasteiger partial charge in [-0.25, -0.2) is 4.68 Å². The van der Waals surface area contributed by atoms with Crippen molar-refractivity contribution in [3.05, 3.63) is 114 Å². The summed E-state index contributed by atoms with van der Waals surface area (Å²) in [5.41, 5.74) is 4.22. The third kappa shape index (κ3) is 5.47. The van der Waals surface area contributed by atoms with Gasteiger partial charge in [-0.05, 0) is 53.9 Å². The fourth-order valence-corrected chi connectivity index (χ4v) is 3.80. The van der Waals surface area contributed by atoms with Gasteiger partial charge in [0, 0.05) is 23.8 Å². The minimum absolute atomic E-state index is 0.0560. The Bertz CT molecular complexity index is 1420. The molecule has 2 aromatic heterocycles. The summed E-state index contributed by atoms with van der Waals surface area (Å²) in [7, 11) is 0. The maximum absolute atomic E-state index is 12.5. The Hall–Kier alpha value is -4.65. The van der Waals surface area contributed by atoms with Crippen molar-refractivity contribution in [1.82, 2.24) is 15.1 Å². The molecular formula is C28H24N4O3. The summed E-state index contributed by atoms with van der Waals surface area (Å²) in [5, 5.41) is 11.0. The highest BCUT2D eigenvalue weighted by Gasteiger charge is 2.12. The Morgan fingerprint density at radius 2 is 1.66 bits per heavy atom. The van der Waals surface area contributed by atoms with Gasteiger partial charge in [-0.1, -0.05) is 48.5 Å². The highest BCUT2D eigenvalue weighted by Crippen LogP contribution is 2.20. The molecular weight excluding hydrogens is 440 g/mol. The number of nitrogens with one attached hydrogen (secondary N) is 2. The van der Waals surface area contributed by atoms with Crippen LogP contribution in [0.25, 0.3) is 16.7 Å². The Labute approximate surface area is 202 Å². The Morgan fingerprint density at radius 3 is 2.46 bits per heavy atom. The highest BCUT2D eigenvalue weighted by molar-refractivity contribution is 6.04. The molecule has 0 saturated heterocycles. The van der Waals surface area contributed by atoms with E-state index in [0.29, 0.717) is 24.2 Å². The van der Waals surface area contributed by atoms with Gasteiger partial charge in [0.2, 0.25) is 5.91 Å². The summed E-state index contributed by atoms with van der Waals surface area (Å²) in [4.78, 5) is 24.8. The van der Waals surface area contributed by atoms with Gasteiger partial charge < -0.3 is 15.1 Å². The van der Waals surface area contributed by atoms with E-state index in [4.69, 9.17) is 4.42 Å². The number of hydrogen-bond donors (Lipinski definition) is 2. The molecule has 0 spiro atoms. The van der Waals surface area contributed by atoms with Gasteiger partial charge in [0.15, 0.2) is 5.76 Å². The summed E-state index contributed by atoms with van der Waals surface area (Å²) < 4.78 is 7.43. The van der Waals surface area contributed by atoms with E-state index in [1.165, 1.54) is 0 Å². The van der Waals surface area contributed by atoms with Crippen LogP contribution in [0.5, 0.6) is 0 Å². The van der Waals surface area contributed by atoms with Crippen molar-refractivity contribution in [3.63, 3.8) is 0 Å². The number of fused-ring (bicyclic) bond motifs is 1. The molecule has 0 radical (unpaired) electrons. The third-order valence-electron chi connectivity index (χ3n) is 5.62. The number of aromatic nitrogens is 2. The minimum Gasteiger partial charge on any atom is -0.451 e. The molecule has 2 heterocycles. The zero-order chi connectivity index (χ0) is 24.0. The first-order valence-electron chi connectivity index (χ1n) is 11.4. The number of amides is 2. The Kier molecular flexibility index (Phi) is 6.39. The number of rotatable bonds is 8. The molecule has 2 amide bonds. The summed E-state index contributed by atoms with van der Waals surface area (Å²) in [5.74, 6) is -0.120. The van der Waals surface area contributed by atoms with Crippen LogP contribution in [-0.4, -0.2) is 28.1 Å². The zero-order valence-electron chi connectivity index (χ0n) is 19.0. The fraction of sp³-hybridized carbons (Fsp3) is 0.107. The maximum atomic E-state index is 12.5. The molecule has 0 atom stereocenters. The molecule has 7 heteroatoms. The molecule has 2 N–H and O–H groups in total. The van der Waals surface area contributed by atoms with E-state index in [0.717, 1.165) is 22.2 Å². The number of para-hydroxylation sites is 2. The molecule has 5 aromatic rings. The van der Waals surface area contributed by atoms with Gasteiger partial charge in [-0.3, -0.25) is 9.59 Å². The van der Waals surface area contributed by atoms with Crippen LogP contribution in [0.15, 0.2) is 102 Å². The molecule has 0 bridgehead atoms. The average molecular weight is 465 g/mol. The minimum atomic E-state index is -0.317. The van der Waals surface area contributed by atoms with Crippen molar-refractivity contribution < 1.29 is 14.0 Å². The van der Waals surface area contributed by atoms with Crippen LogP contribution in [0.3, 0.4) is 0 Å². The number of carbonyl (C=O) groups excluding carboxylic acids is 2. The number of furan rings is 1. The summed E-state index contributed by atoms with van der Waals surface area (Å²) in [6.45, 7) is 0.533. The third-order valence-corrected chi connectivity index (χ3v) is 5.62. The van der Waals surface area contributed by atoms with Crippen molar-refractivity contribution >= 4 is 28.5 Å². The van der Waals surface area contributed by atoms with Gasteiger partial charge in [-0.15, -0.1) is 0 Å². The summed E-state index contributed by atoms with van der Waals surface area (Å²) in [6.07, 6.45) is 4.75. The van der Waals surface area contributed by atoms with Crippen molar-refractivity contribution in [2.45, 2.75) is 12.8 Å². The van der Waals surface area contributed by atoms with Gasteiger partial charge in [0.05, 0.1) is 18.3 Å². The number of hydrogen-bond acceptors (Lipinski definition) is 4. The topological polar surface area (TPSA) is 89.2 Å². The molecule has 0 aliphatic heterocycles. The largest absolute Gasteiger partial charge is 0.451 e. The summed E-state index contributed by atoms with van der Waals surface area (Å²) >= 11 is 0. The van der Waals surface area contributed by atoms with Gasteiger partial charge in [0.1, 0.15) is 5.58 Å². The first-order valence-corrected chi connectivity index (χ1v) is 11.4. The average Bonchev–Trinajstić information content (AvgIpc) is 3.53. The number of benzene rings is 3. The number of anilines is 1. The van der Waals surface area contributed by atoms with Crippen LogP contribution in [0, 0.1) is 0 Å². The predicted octanol–water partition coefficient (Wildman–Crippen LogP) is 4.77. The second kappa shape index (κ2) is 10.1. The molecule has 174 valence electrons. The smallest absolute Gasteiger partial charge is 0.291 e. The lowest BCUT2D eigenvalue weighted by Gasteiger charge is -2.07. The van der Waals surface area contributed by atoms with E-state index in [-0.39, 0.29) is 24.0 Å². The van der Waals surface area contributed by atoms with Crippen LogP contribution in [0.1, 0.15) is 21.7 Å². The van der Waals surface area contributed by atoms with E-state index >= 15 is 0 Å². The van der Waals surface area contributed by atoms with Crippen molar-refractivity contribution in [2.24, 2.45) is 0 Å². The normalized spacial score (nSPS) is 10.9. The molecule has 3 aromatic carbocycles. The molecule has 35 heavy (non-hydrogen) atoms. The maximum Gasteiger partial charge on any atom is 0.291 e. The van der Waals surface area contributed by atoms with Crippen LogP contribution >= 0.6 is 0 Å². The Balaban J connectivity index is 1.09. The molecule has 0 saturated carbocycles. The van der Waals surface area contributed by atoms with Crippen molar-refractivity contribution in [1.29, 1.82) is 0 Å². The first-order chi connectivity index (χ1) is 17.1. The second-order valence-corrected chi connectivity index (χ2v) is 8.20. The fourth-order valence-electron chi connectivity index (χ4n) is 3.80. The standard InChI is InChI=1S/C28H24N4O3/c33-27(29-15-14-21-18-30-32(19-21)24-7-2-1-3-8-24)16-20-10-12-23(13-11-20)31-28(34)26-17-22-6-4-5-9-25(22)35-26/h1-13,17-19H,14-16H2,(H,29,33)(H,31,34). The van der Waals surface area contributed by atoms with Gasteiger partial charge >= 0.3 is 0 Å². The lowest BCUT2D eigenvalue weighted by Crippen LogP contribution is -2.27. The SMILES string of the molecule is O=C(Cc1ccc(NC(=O)c2cc3ccccc3o2)cc1)NCCc1cnn(-c2ccccc2)c1. The lowest BCUT2D eigenvalue weighted by atomic mass is 10.1. The van der Waals surface area contributed by atoms with E-state index in [1.54, 1.807) is 18.2 Å². The van der Waals surface area contributed by atoms with Crippen LogP contribution in [0.2, 0.25) is 0 Å². The van der Waals surface area contributed by atoms with E-state index < -0.39 is 0 Å². The zero-order valence-corrected chi connectivity index (χ0v) is 19.0. The lowest BCUT2D eigenvalue weighted by molar-refractivity contribution is -0.120. The Morgan fingerprint density at radius 1 is 0.886 bits per heavy atom.